The number of aryl methyl sites for hydroxylation is 1. The van der Waals surface area contributed by atoms with Crippen molar-refractivity contribution in [1.82, 2.24) is 9.97 Å². The molecule has 5 aromatic rings. The third-order valence-corrected chi connectivity index (χ3v) is 8.48. The standard InChI is InChI=1S/C30H24F2N2O6S/c1-41(37,38)28-20-9-12-33-24(20)15-23(32)27(28)40-19-6-7-22(31)21(14-19)29-34-25(16-39-29)30(10-11-30)18-4-2-3-17(13-18)5-8-26(35)36/h2-4,6-7,9,12-16,33H,5,8,10-11H2,1H3,(H,35,36). The highest BCUT2D eigenvalue weighted by atomic mass is 32.2. The van der Waals surface area contributed by atoms with Crippen LogP contribution in [0.5, 0.6) is 11.5 Å². The van der Waals surface area contributed by atoms with Gasteiger partial charge in [-0.15, -0.1) is 0 Å². The second kappa shape index (κ2) is 9.84. The number of rotatable bonds is 9. The van der Waals surface area contributed by atoms with Crippen molar-refractivity contribution in [3.05, 3.63) is 95.5 Å². The van der Waals surface area contributed by atoms with Crippen molar-refractivity contribution in [1.29, 1.82) is 0 Å². The largest absolute Gasteiger partial charge is 0.481 e. The highest BCUT2D eigenvalue weighted by Crippen LogP contribution is 2.53. The van der Waals surface area contributed by atoms with E-state index in [1.165, 1.54) is 30.7 Å². The summed E-state index contributed by atoms with van der Waals surface area (Å²) in [6.07, 6.45) is 5.94. The van der Waals surface area contributed by atoms with E-state index in [2.05, 4.69) is 9.97 Å². The van der Waals surface area contributed by atoms with Gasteiger partial charge >= 0.3 is 5.97 Å². The topological polar surface area (TPSA) is 122 Å². The first-order chi connectivity index (χ1) is 19.5. The number of fused-ring (bicyclic) bond motifs is 1. The molecule has 1 fully saturated rings. The number of aliphatic carboxylic acids is 1. The Morgan fingerprint density at radius 1 is 1.12 bits per heavy atom. The Morgan fingerprint density at radius 3 is 2.66 bits per heavy atom. The Morgan fingerprint density at radius 2 is 1.93 bits per heavy atom. The number of nitrogens with one attached hydrogen (secondary N) is 1. The number of hydrogen-bond donors (Lipinski definition) is 2. The number of carboxylic acid groups (broad SMARTS) is 1. The van der Waals surface area contributed by atoms with E-state index >= 15 is 4.39 Å². The Bertz CT molecular complexity index is 1920. The molecule has 0 spiro atoms. The summed E-state index contributed by atoms with van der Waals surface area (Å²) in [6.45, 7) is 0. The molecule has 1 aliphatic carbocycles. The van der Waals surface area contributed by atoms with Gasteiger partial charge in [-0.3, -0.25) is 4.79 Å². The van der Waals surface area contributed by atoms with Gasteiger partial charge in [0.25, 0.3) is 0 Å². The molecule has 0 unspecified atom stereocenters. The Labute approximate surface area is 233 Å². The quantitative estimate of drug-likeness (QED) is 0.208. The van der Waals surface area contributed by atoms with Crippen molar-refractivity contribution >= 4 is 26.7 Å². The monoisotopic (exact) mass is 578 g/mol. The van der Waals surface area contributed by atoms with Crippen LogP contribution in [0.1, 0.15) is 36.1 Å². The average molecular weight is 579 g/mol. The van der Waals surface area contributed by atoms with Crippen LogP contribution in [0.15, 0.2) is 76.4 Å². The second-order valence-electron chi connectivity index (χ2n) is 10.2. The van der Waals surface area contributed by atoms with Crippen LogP contribution < -0.4 is 4.74 Å². The highest BCUT2D eigenvalue weighted by molar-refractivity contribution is 7.91. The number of nitrogens with zero attached hydrogens (tertiary/aromatic N) is 1. The molecule has 0 bridgehead atoms. The Balaban J connectivity index is 1.33. The zero-order chi connectivity index (χ0) is 28.9. The van der Waals surface area contributed by atoms with Gasteiger partial charge < -0.3 is 19.2 Å². The van der Waals surface area contributed by atoms with E-state index in [0.29, 0.717) is 17.6 Å². The molecule has 0 aliphatic heterocycles. The van der Waals surface area contributed by atoms with E-state index < -0.39 is 38.6 Å². The van der Waals surface area contributed by atoms with Gasteiger partial charge in [-0.05, 0) is 54.7 Å². The molecule has 11 heteroatoms. The second-order valence-corrected chi connectivity index (χ2v) is 12.1. The third-order valence-electron chi connectivity index (χ3n) is 7.33. The summed E-state index contributed by atoms with van der Waals surface area (Å²) in [6, 6.07) is 14.0. The van der Waals surface area contributed by atoms with Crippen molar-refractivity contribution < 1.29 is 36.3 Å². The van der Waals surface area contributed by atoms with Crippen LogP contribution in [0, 0.1) is 11.6 Å². The van der Waals surface area contributed by atoms with Gasteiger partial charge in [0.2, 0.25) is 5.89 Å². The van der Waals surface area contributed by atoms with Gasteiger partial charge in [0, 0.05) is 41.3 Å². The number of benzene rings is 3. The summed E-state index contributed by atoms with van der Waals surface area (Å²) in [5.74, 6) is -2.94. The summed E-state index contributed by atoms with van der Waals surface area (Å²) in [4.78, 5) is 18.0. The fourth-order valence-corrected chi connectivity index (χ4v) is 6.20. The van der Waals surface area contributed by atoms with E-state index in [4.69, 9.17) is 14.3 Å². The van der Waals surface area contributed by atoms with Gasteiger partial charge in [0.15, 0.2) is 21.4 Å². The number of carbonyl (C=O) groups is 1. The van der Waals surface area contributed by atoms with E-state index in [9.17, 15) is 17.6 Å². The molecular formula is C30H24F2N2O6S. The molecule has 2 N–H and O–H groups in total. The third kappa shape index (κ3) is 4.97. The lowest BCUT2D eigenvalue weighted by Crippen LogP contribution is -2.10. The van der Waals surface area contributed by atoms with Crippen LogP contribution in [0.2, 0.25) is 0 Å². The van der Waals surface area contributed by atoms with Crippen LogP contribution in [-0.4, -0.2) is 35.7 Å². The first-order valence-corrected chi connectivity index (χ1v) is 14.7. The number of sulfone groups is 1. The first kappa shape index (κ1) is 26.7. The van der Waals surface area contributed by atoms with E-state index in [0.717, 1.165) is 42.4 Å². The van der Waals surface area contributed by atoms with Crippen molar-refractivity contribution in [2.24, 2.45) is 0 Å². The van der Waals surface area contributed by atoms with Crippen LogP contribution in [0.4, 0.5) is 8.78 Å². The SMILES string of the molecule is CS(=O)(=O)c1c(Oc2ccc(F)c(-c3nc(C4(c5cccc(CCC(=O)O)c5)CC4)co3)c2)c(F)cc2[nH]ccc12. The van der Waals surface area contributed by atoms with Crippen LogP contribution in [-0.2, 0) is 26.5 Å². The predicted octanol–water partition coefficient (Wildman–Crippen LogP) is 6.39. The summed E-state index contributed by atoms with van der Waals surface area (Å²) in [5.41, 5.74) is 2.31. The summed E-state index contributed by atoms with van der Waals surface area (Å²) in [7, 11) is -3.91. The minimum absolute atomic E-state index is 0.00731. The van der Waals surface area contributed by atoms with Gasteiger partial charge in [-0.1, -0.05) is 24.3 Å². The molecular weight excluding hydrogens is 554 g/mol. The number of hydrogen-bond acceptors (Lipinski definition) is 6. The number of oxazole rings is 1. The number of halogens is 2. The van der Waals surface area contributed by atoms with Crippen LogP contribution in [0.25, 0.3) is 22.4 Å². The molecule has 0 radical (unpaired) electrons. The van der Waals surface area contributed by atoms with Crippen molar-refractivity contribution in [3.63, 3.8) is 0 Å². The highest BCUT2D eigenvalue weighted by Gasteiger charge is 2.48. The lowest BCUT2D eigenvalue weighted by molar-refractivity contribution is -0.136. The minimum atomic E-state index is -3.91. The molecule has 210 valence electrons. The maximum absolute atomic E-state index is 15.1. The van der Waals surface area contributed by atoms with Crippen molar-refractivity contribution in [3.8, 4) is 23.0 Å². The zero-order valence-corrected chi connectivity index (χ0v) is 22.6. The molecule has 2 heterocycles. The maximum Gasteiger partial charge on any atom is 0.303 e. The zero-order valence-electron chi connectivity index (χ0n) is 21.8. The normalized spacial score (nSPS) is 14.3. The fourth-order valence-electron chi connectivity index (χ4n) is 5.15. The molecule has 1 aliphatic rings. The number of H-pyrrole nitrogens is 1. The lowest BCUT2D eigenvalue weighted by atomic mass is 9.91. The van der Waals surface area contributed by atoms with E-state index in [1.54, 1.807) is 0 Å². The van der Waals surface area contributed by atoms with Gasteiger partial charge in [0.05, 0.1) is 11.3 Å². The number of aromatic nitrogens is 2. The molecule has 1 saturated carbocycles. The molecule has 0 amide bonds. The van der Waals surface area contributed by atoms with E-state index in [-0.39, 0.29) is 33.9 Å². The molecule has 2 aromatic heterocycles. The van der Waals surface area contributed by atoms with Crippen LogP contribution in [0.3, 0.4) is 0 Å². The Hall–Kier alpha value is -4.51. The smallest absolute Gasteiger partial charge is 0.303 e. The first-order valence-electron chi connectivity index (χ1n) is 12.8. The number of ether oxygens (including phenoxy) is 1. The molecule has 0 saturated heterocycles. The van der Waals surface area contributed by atoms with Crippen LogP contribution >= 0.6 is 0 Å². The Kier molecular flexibility index (Phi) is 6.41. The van der Waals surface area contributed by atoms with Gasteiger partial charge in [0.1, 0.15) is 22.7 Å². The summed E-state index contributed by atoms with van der Waals surface area (Å²) < 4.78 is 66.6. The molecule has 8 nitrogen and oxygen atoms in total. The van der Waals surface area contributed by atoms with Crippen molar-refractivity contribution in [2.45, 2.75) is 36.0 Å². The number of carboxylic acids is 1. The lowest BCUT2D eigenvalue weighted by Gasteiger charge is -2.14. The molecule has 6 rings (SSSR count). The summed E-state index contributed by atoms with van der Waals surface area (Å²) >= 11 is 0. The van der Waals surface area contributed by atoms with E-state index in [1.807, 2.05) is 24.3 Å². The molecule has 41 heavy (non-hydrogen) atoms. The fraction of sp³-hybridized carbons (Fsp3) is 0.200. The molecule has 3 aromatic carbocycles. The van der Waals surface area contributed by atoms with Gasteiger partial charge in [-0.25, -0.2) is 22.2 Å². The van der Waals surface area contributed by atoms with Crippen molar-refractivity contribution in [2.75, 3.05) is 6.26 Å². The summed E-state index contributed by atoms with van der Waals surface area (Å²) in [5, 5.41) is 9.29. The maximum atomic E-state index is 15.1. The minimum Gasteiger partial charge on any atom is -0.481 e. The van der Waals surface area contributed by atoms with Gasteiger partial charge in [-0.2, -0.15) is 0 Å². The molecule has 0 atom stereocenters. The average Bonchev–Trinajstić information content (AvgIpc) is 3.35. The number of aromatic amines is 1. The predicted molar refractivity (Wildman–Crippen MR) is 146 cm³/mol.